The molecule has 0 spiro atoms. The van der Waals surface area contributed by atoms with Gasteiger partial charge in [-0.15, -0.1) is 0 Å². The summed E-state index contributed by atoms with van der Waals surface area (Å²) in [5.74, 6) is 0. The van der Waals surface area contributed by atoms with E-state index >= 15 is 0 Å². The van der Waals surface area contributed by atoms with Crippen molar-refractivity contribution in [2.75, 3.05) is 0 Å². The smallest absolute Gasteiger partial charge is 0.179 e. The summed E-state index contributed by atoms with van der Waals surface area (Å²) in [5, 5.41) is 18.3. The van der Waals surface area contributed by atoms with Crippen molar-refractivity contribution in [3.63, 3.8) is 0 Å². The zero-order valence-electron chi connectivity index (χ0n) is 42.1. The van der Waals surface area contributed by atoms with Crippen LogP contribution in [-0.2, 0) is 0 Å². The predicted molar refractivity (Wildman–Crippen MR) is 332 cm³/mol. The highest BCUT2D eigenvalue weighted by Gasteiger charge is 2.43. The van der Waals surface area contributed by atoms with Crippen molar-refractivity contribution in [3.8, 4) is 0 Å². The number of nitrogens with zero attached hydrogens (tertiary/aromatic N) is 3. The molecule has 77 heavy (non-hydrogen) atoms. The number of para-hydroxylation sites is 4. The van der Waals surface area contributed by atoms with Crippen LogP contribution in [-0.4, -0.2) is 29.3 Å². The molecule has 16 aromatic rings. The number of benzene rings is 12. The van der Waals surface area contributed by atoms with E-state index in [1.165, 1.54) is 107 Å². The van der Waals surface area contributed by atoms with Gasteiger partial charge in [-0.05, 0) is 77.9 Å². The van der Waals surface area contributed by atoms with E-state index in [0.717, 1.165) is 16.6 Å². The Hall–Kier alpha value is -9.53. The van der Waals surface area contributed by atoms with E-state index in [0.29, 0.717) is 0 Å². The second-order valence-corrected chi connectivity index (χ2v) is 28.3. The van der Waals surface area contributed by atoms with Gasteiger partial charge >= 0.3 is 0 Å². The van der Waals surface area contributed by atoms with Crippen molar-refractivity contribution < 1.29 is 0 Å². The fourth-order valence-corrected chi connectivity index (χ4v) is 23.5. The third-order valence-corrected chi connectivity index (χ3v) is 26.6. The first-order valence-electron chi connectivity index (χ1n) is 26.8. The molecule has 0 saturated carbocycles. The summed E-state index contributed by atoms with van der Waals surface area (Å²) in [6.45, 7) is 0. The summed E-state index contributed by atoms with van der Waals surface area (Å²) in [6, 6.07) is 113. The standard InChI is InChI=1S/C72H49N3Si2/c1-7-24-50(25-8-1)76(51-26-9-2-10-27-51,52-28-11-3-12-29-52)56-44-46-65-63(49-56)61-39-23-43-69-72(61)74(65)67-41-21-37-59-58-36-19-20-40-64(58)73(70(59)67)68-42-22-38-60-62-48-57(45-47-66(62)75(69)71(60)68)77(53-30-13-4-14-31-53,54-32-15-5-16-33-54)55-34-17-6-18-35-55/h1-49H. The largest absolute Gasteiger partial charge is 0.305 e. The molecule has 0 saturated heterocycles. The zero-order valence-corrected chi connectivity index (χ0v) is 44.1. The Kier molecular flexibility index (Phi) is 9.68. The molecule has 360 valence electrons. The van der Waals surface area contributed by atoms with Crippen molar-refractivity contribution in [2.24, 2.45) is 0 Å². The van der Waals surface area contributed by atoms with Gasteiger partial charge in [0.25, 0.3) is 0 Å². The minimum atomic E-state index is -2.88. The van der Waals surface area contributed by atoms with E-state index in [1.54, 1.807) is 0 Å². The first-order valence-corrected chi connectivity index (χ1v) is 30.8. The molecule has 0 radical (unpaired) electrons. The van der Waals surface area contributed by atoms with Crippen LogP contribution in [0.2, 0.25) is 0 Å². The van der Waals surface area contributed by atoms with Gasteiger partial charge in [0.1, 0.15) is 0 Å². The lowest BCUT2D eigenvalue weighted by Crippen LogP contribution is -2.74. The SMILES string of the molecule is c1ccc([Si](c2ccccc2)(c2ccccc2)c2ccc3c(c2)c2cccc4c2n3c2cccc3c5ccccc5n(c5cccc6c7cc([Si](c8ccccc8)(c8ccccc8)c8ccccc8)ccc7n4c65)c32)cc1. The lowest BCUT2D eigenvalue weighted by atomic mass is 10.1. The van der Waals surface area contributed by atoms with Crippen molar-refractivity contribution in [3.05, 3.63) is 297 Å². The third-order valence-electron chi connectivity index (χ3n) is 17.0. The van der Waals surface area contributed by atoms with E-state index < -0.39 is 16.1 Å². The van der Waals surface area contributed by atoms with Crippen molar-refractivity contribution in [1.29, 1.82) is 0 Å². The number of fused-ring (bicyclic) bond motifs is 12. The van der Waals surface area contributed by atoms with Crippen molar-refractivity contribution in [1.82, 2.24) is 13.2 Å². The van der Waals surface area contributed by atoms with E-state index in [4.69, 9.17) is 0 Å². The molecule has 0 bridgehead atoms. The summed E-state index contributed by atoms with van der Waals surface area (Å²) >= 11 is 0. The van der Waals surface area contributed by atoms with Crippen LogP contribution in [0.1, 0.15) is 0 Å². The lowest BCUT2D eigenvalue weighted by Gasteiger charge is -2.34. The lowest BCUT2D eigenvalue weighted by molar-refractivity contribution is 1.31. The molecule has 0 amide bonds. The molecule has 0 fully saturated rings. The number of hydrogen-bond donors (Lipinski definition) is 0. The third kappa shape index (κ3) is 6.06. The summed E-state index contributed by atoms with van der Waals surface area (Å²) in [4.78, 5) is 0. The van der Waals surface area contributed by atoms with Crippen LogP contribution in [0.15, 0.2) is 297 Å². The number of rotatable bonds is 8. The van der Waals surface area contributed by atoms with Gasteiger partial charge in [-0.2, -0.15) is 0 Å². The first-order chi connectivity index (χ1) is 38.2. The molecule has 0 aliphatic carbocycles. The molecule has 12 aromatic carbocycles. The molecule has 0 aliphatic rings. The van der Waals surface area contributed by atoms with E-state index in [2.05, 4.69) is 310 Å². The molecule has 3 nitrogen and oxygen atoms in total. The monoisotopic (exact) mass is 1010 g/mol. The van der Waals surface area contributed by atoms with E-state index in [1.807, 2.05) is 0 Å². The fraction of sp³-hybridized carbons (Fsp3) is 0. The fourth-order valence-electron chi connectivity index (χ4n) is 14.0. The minimum absolute atomic E-state index is 1.16. The first kappa shape index (κ1) is 43.8. The Labute approximate surface area is 447 Å². The Bertz CT molecular complexity index is 4630. The second-order valence-electron chi connectivity index (χ2n) is 20.7. The highest BCUT2D eigenvalue weighted by Crippen LogP contribution is 2.41. The van der Waals surface area contributed by atoms with Gasteiger partial charge in [0.05, 0.1) is 49.7 Å². The Morgan fingerprint density at radius 3 is 0.740 bits per heavy atom. The van der Waals surface area contributed by atoms with Gasteiger partial charge in [0.15, 0.2) is 16.1 Å². The molecular formula is C72H49N3Si2. The predicted octanol–water partition coefficient (Wildman–Crippen LogP) is 12.1. The molecule has 0 unspecified atom stereocenters. The van der Waals surface area contributed by atoms with Gasteiger partial charge < -0.3 is 13.2 Å². The van der Waals surface area contributed by atoms with E-state index in [9.17, 15) is 0 Å². The normalized spacial score (nSPS) is 12.4. The van der Waals surface area contributed by atoms with Crippen LogP contribution in [0.4, 0.5) is 0 Å². The summed E-state index contributed by atoms with van der Waals surface area (Å²) in [6.07, 6.45) is 0. The summed E-state index contributed by atoms with van der Waals surface area (Å²) in [5.41, 5.74) is 10.6. The Morgan fingerprint density at radius 1 is 0.169 bits per heavy atom. The van der Waals surface area contributed by atoms with Crippen molar-refractivity contribution in [2.45, 2.75) is 0 Å². The van der Waals surface area contributed by atoms with Crippen molar-refractivity contribution >= 4 is 140 Å². The average molecular weight is 1010 g/mol. The molecule has 16 rings (SSSR count). The Morgan fingerprint density at radius 2 is 0.416 bits per heavy atom. The molecule has 0 aliphatic heterocycles. The van der Waals surface area contributed by atoms with Crippen LogP contribution in [0.5, 0.6) is 0 Å². The minimum Gasteiger partial charge on any atom is -0.305 e. The molecule has 0 N–H and O–H groups in total. The van der Waals surface area contributed by atoms with Crippen LogP contribution >= 0.6 is 0 Å². The van der Waals surface area contributed by atoms with Crippen LogP contribution in [0, 0.1) is 0 Å². The highest BCUT2D eigenvalue weighted by molar-refractivity contribution is 7.20. The summed E-state index contributed by atoms with van der Waals surface area (Å²) in [7, 11) is -5.76. The van der Waals surface area contributed by atoms with Crippen LogP contribution in [0.3, 0.4) is 0 Å². The average Bonchev–Trinajstić information content (AvgIpc) is 4.17. The number of hydrogen-bond acceptors (Lipinski definition) is 0. The molecule has 4 aromatic heterocycles. The molecule has 0 atom stereocenters. The second kappa shape index (κ2) is 17.0. The maximum atomic E-state index is 2.61. The summed E-state index contributed by atoms with van der Waals surface area (Å²) < 4.78 is 7.79. The molecule has 4 heterocycles. The van der Waals surface area contributed by atoms with Crippen LogP contribution < -0.4 is 41.5 Å². The highest BCUT2D eigenvalue weighted by atomic mass is 28.3. The Balaban J connectivity index is 1.11. The van der Waals surface area contributed by atoms with Gasteiger partial charge in [0.2, 0.25) is 0 Å². The van der Waals surface area contributed by atoms with Crippen LogP contribution in [0.25, 0.3) is 82.0 Å². The molecular weight excluding hydrogens is 963 g/mol. The van der Waals surface area contributed by atoms with Gasteiger partial charge in [-0.25, -0.2) is 0 Å². The van der Waals surface area contributed by atoms with Gasteiger partial charge in [0, 0.05) is 32.3 Å². The van der Waals surface area contributed by atoms with E-state index in [-0.39, 0.29) is 0 Å². The molecule has 5 heteroatoms. The number of aromatic nitrogens is 3. The maximum absolute atomic E-state index is 2.88. The zero-order chi connectivity index (χ0) is 50.7. The quantitative estimate of drug-likeness (QED) is 0.106. The van der Waals surface area contributed by atoms with Gasteiger partial charge in [-0.3, -0.25) is 0 Å². The van der Waals surface area contributed by atoms with Gasteiger partial charge in [-0.1, -0.05) is 261 Å². The maximum Gasteiger partial charge on any atom is 0.179 e. The topological polar surface area (TPSA) is 13.2 Å².